The molecule has 1 fully saturated rings. The monoisotopic (exact) mass is 478 g/mol. The minimum absolute atomic E-state index is 0.0349. The van der Waals surface area contributed by atoms with E-state index < -0.39 is 10.0 Å². The van der Waals surface area contributed by atoms with E-state index in [0.717, 1.165) is 30.8 Å². The largest absolute Gasteiger partial charge is 0.446 e. The number of ether oxygens (including phenoxy) is 1. The van der Waals surface area contributed by atoms with E-state index in [2.05, 4.69) is 41.1 Å². The molecule has 10 nitrogen and oxygen atoms in total. The number of anilines is 2. The van der Waals surface area contributed by atoms with Gasteiger partial charge in [-0.3, -0.25) is 0 Å². The predicted molar refractivity (Wildman–Crippen MR) is 126 cm³/mol. The van der Waals surface area contributed by atoms with Crippen LogP contribution in [0.2, 0.25) is 0 Å². The first kappa shape index (κ1) is 25.0. The van der Waals surface area contributed by atoms with Crippen molar-refractivity contribution in [1.29, 1.82) is 0 Å². The maximum atomic E-state index is 11.9. The lowest BCUT2D eigenvalue weighted by Gasteiger charge is -2.23. The molecule has 2 atom stereocenters. The average Bonchev–Trinajstić information content (AvgIpc) is 3.34. The van der Waals surface area contributed by atoms with Gasteiger partial charge in [-0.05, 0) is 73.1 Å². The van der Waals surface area contributed by atoms with Crippen LogP contribution in [0.5, 0.6) is 0 Å². The van der Waals surface area contributed by atoms with Gasteiger partial charge in [0, 0.05) is 18.0 Å². The van der Waals surface area contributed by atoms with Crippen molar-refractivity contribution in [3.05, 3.63) is 30.1 Å². The summed E-state index contributed by atoms with van der Waals surface area (Å²) in [5, 5.41) is 10.9. The SMILES string of the molecule is CNS(=O)(=O)c1ccc(Nc2cc(C3CCC(OC(=O)NC(C)C)C3)nn2C(C)(C)C)cn1. The molecule has 1 amide bonds. The zero-order valence-corrected chi connectivity index (χ0v) is 20.9. The number of pyridine rings is 1. The van der Waals surface area contributed by atoms with Crippen molar-refractivity contribution in [2.75, 3.05) is 12.4 Å². The first-order valence-corrected chi connectivity index (χ1v) is 12.6. The molecule has 1 aliphatic rings. The molecule has 2 unspecified atom stereocenters. The summed E-state index contributed by atoms with van der Waals surface area (Å²) < 4.78 is 33.5. The third-order valence-corrected chi connectivity index (χ3v) is 6.73. The Kier molecular flexibility index (Phi) is 7.32. The van der Waals surface area contributed by atoms with Crippen molar-refractivity contribution in [3.8, 4) is 0 Å². The lowest BCUT2D eigenvalue weighted by molar-refractivity contribution is 0.0981. The van der Waals surface area contributed by atoms with Gasteiger partial charge in [0.1, 0.15) is 11.9 Å². The molecule has 182 valence electrons. The first-order valence-electron chi connectivity index (χ1n) is 11.1. The third-order valence-electron chi connectivity index (χ3n) is 5.40. The highest BCUT2D eigenvalue weighted by Gasteiger charge is 2.32. The third kappa shape index (κ3) is 6.23. The maximum absolute atomic E-state index is 11.9. The van der Waals surface area contributed by atoms with E-state index in [4.69, 9.17) is 9.84 Å². The minimum atomic E-state index is -3.59. The van der Waals surface area contributed by atoms with Crippen LogP contribution in [0.3, 0.4) is 0 Å². The van der Waals surface area contributed by atoms with Crippen molar-refractivity contribution >= 4 is 27.6 Å². The van der Waals surface area contributed by atoms with Gasteiger partial charge in [0.05, 0.1) is 23.1 Å². The second kappa shape index (κ2) is 9.68. The van der Waals surface area contributed by atoms with Gasteiger partial charge in [0.2, 0.25) is 0 Å². The molecule has 0 spiro atoms. The van der Waals surface area contributed by atoms with Crippen LogP contribution in [-0.4, -0.2) is 48.5 Å². The fraction of sp³-hybridized carbons (Fsp3) is 0.591. The normalized spacial score (nSPS) is 19.0. The minimum Gasteiger partial charge on any atom is -0.446 e. The molecular weight excluding hydrogens is 444 g/mol. The van der Waals surface area contributed by atoms with Crippen molar-refractivity contribution in [2.24, 2.45) is 0 Å². The fourth-order valence-corrected chi connectivity index (χ4v) is 4.45. The van der Waals surface area contributed by atoms with Gasteiger partial charge >= 0.3 is 6.09 Å². The van der Waals surface area contributed by atoms with E-state index in [1.165, 1.54) is 19.3 Å². The molecule has 2 heterocycles. The summed E-state index contributed by atoms with van der Waals surface area (Å²) in [6.45, 7) is 9.98. The average molecular weight is 479 g/mol. The molecule has 11 heteroatoms. The van der Waals surface area contributed by atoms with E-state index in [0.29, 0.717) is 5.69 Å². The Labute approximate surface area is 195 Å². The molecule has 2 aromatic rings. The molecule has 0 aliphatic heterocycles. The summed E-state index contributed by atoms with van der Waals surface area (Å²) in [7, 11) is -2.24. The summed E-state index contributed by atoms with van der Waals surface area (Å²) in [4.78, 5) is 16.0. The number of nitrogens with zero attached hydrogens (tertiary/aromatic N) is 3. The molecule has 3 rings (SSSR count). The number of carbonyl (C=O) groups excluding carboxylic acids is 1. The van der Waals surface area contributed by atoms with Crippen LogP contribution in [0.1, 0.15) is 65.5 Å². The summed E-state index contributed by atoms with van der Waals surface area (Å²) in [5.41, 5.74) is 1.31. The van der Waals surface area contributed by atoms with Crippen LogP contribution in [0.4, 0.5) is 16.3 Å². The highest BCUT2D eigenvalue weighted by Crippen LogP contribution is 2.37. The van der Waals surface area contributed by atoms with Crippen LogP contribution in [0.25, 0.3) is 0 Å². The first-order chi connectivity index (χ1) is 15.4. The number of hydrogen-bond acceptors (Lipinski definition) is 7. The number of hydrogen-bond donors (Lipinski definition) is 3. The Morgan fingerprint density at radius 3 is 2.55 bits per heavy atom. The van der Waals surface area contributed by atoms with Gasteiger partial charge < -0.3 is 15.4 Å². The van der Waals surface area contributed by atoms with Crippen molar-refractivity contribution in [3.63, 3.8) is 0 Å². The van der Waals surface area contributed by atoms with Crippen LogP contribution in [0.15, 0.2) is 29.4 Å². The second-order valence-electron chi connectivity index (χ2n) is 9.59. The molecule has 1 aliphatic carbocycles. The molecule has 0 bridgehead atoms. The topological polar surface area (TPSA) is 127 Å². The van der Waals surface area contributed by atoms with E-state index in [9.17, 15) is 13.2 Å². The van der Waals surface area contributed by atoms with Crippen LogP contribution in [-0.2, 0) is 20.3 Å². The van der Waals surface area contributed by atoms with Gasteiger partial charge in [-0.2, -0.15) is 5.10 Å². The highest BCUT2D eigenvalue weighted by molar-refractivity contribution is 7.89. The molecule has 1 saturated carbocycles. The second-order valence-corrected chi connectivity index (χ2v) is 11.4. The Hall–Kier alpha value is -2.66. The van der Waals surface area contributed by atoms with Crippen LogP contribution >= 0.6 is 0 Å². The molecular formula is C22H34N6O4S. The van der Waals surface area contributed by atoms with Gasteiger partial charge in [-0.25, -0.2) is 27.6 Å². The molecule has 0 radical (unpaired) electrons. The van der Waals surface area contributed by atoms with Crippen LogP contribution in [0, 0.1) is 0 Å². The molecule has 2 aromatic heterocycles. The lowest BCUT2D eigenvalue weighted by Crippen LogP contribution is -2.33. The van der Waals surface area contributed by atoms with E-state index in [1.54, 1.807) is 6.07 Å². The van der Waals surface area contributed by atoms with E-state index >= 15 is 0 Å². The number of aromatic nitrogens is 3. The van der Waals surface area contributed by atoms with Crippen molar-refractivity contribution in [2.45, 2.75) is 82.5 Å². The van der Waals surface area contributed by atoms with Gasteiger partial charge in [-0.15, -0.1) is 0 Å². The quantitative estimate of drug-likeness (QED) is 0.556. The summed E-state index contributed by atoms with van der Waals surface area (Å²) in [5.74, 6) is 0.970. The number of alkyl carbamates (subject to hydrolysis) is 1. The molecule has 33 heavy (non-hydrogen) atoms. The molecule has 3 N–H and O–H groups in total. The van der Waals surface area contributed by atoms with Crippen LogP contribution < -0.4 is 15.4 Å². The van der Waals surface area contributed by atoms with Crippen molar-refractivity contribution < 1.29 is 17.9 Å². The van der Waals surface area contributed by atoms with Gasteiger partial charge in [0.15, 0.2) is 5.03 Å². The summed E-state index contributed by atoms with van der Waals surface area (Å²) >= 11 is 0. The van der Waals surface area contributed by atoms with E-state index in [1.807, 2.05) is 24.6 Å². The fourth-order valence-electron chi connectivity index (χ4n) is 3.80. The van der Waals surface area contributed by atoms with E-state index in [-0.39, 0.29) is 34.7 Å². The van der Waals surface area contributed by atoms with Crippen molar-refractivity contribution in [1.82, 2.24) is 24.8 Å². The number of amides is 1. The molecule has 0 aromatic carbocycles. The number of nitrogens with one attached hydrogen (secondary N) is 3. The number of sulfonamides is 1. The Morgan fingerprint density at radius 2 is 1.97 bits per heavy atom. The Bertz CT molecular complexity index is 1070. The number of carbonyl (C=O) groups is 1. The zero-order valence-electron chi connectivity index (χ0n) is 20.0. The Balaban J connectivity index is 1.76. The zero-order chi connectivity index (χ0) is 24.4. The standard InChI is InChI=1S/C22H34N6O4S/c1-14(2)25-21(29)32-17-9-7-15(11-17)18-12-19(28(27-18)22(3,4)5)26-16-8-10-20(24-13-16)33(30,31)23-6/h8,10,12-15,17,23,26H,7,9,11H2,1-6H3,(H,25,29). The smallest absolute Gasteiger partial charge is 0.407 e. The summed E-state index contributed by atoms with van der Waals surface area (Å²) in [6, 6.07) is 5.16. The Morgan fingerprint density at radius 1 is 1.24 bits per heavy atom. The predicted octanol–water partition coefficient (Wildman–Crippen LogP) is 3.46. The number of rotatable bonds is 7. The van der Waals surface area contributed by atoms with Gasteiger partial charge in [-0.1, -0.05) is 0 Å². The summed E-state index contributed by atoms with van der Waals surface area (Å²) in [6.07, 6.45) is 3.39. The highest BCUT2D eigenvalue weighted by atomic mass is 32.2. The lowest BCUT2D eigenvalue weighted by atomic mass is 10.0. The van der Waals surface area contributed by atoms with Gasteiger partial charge in [0.25, 0.3) is 10.0 Å². The molecule has 0 saturated heterocycles. The maximum Gasteiger partial charge on any atom is 0.407 e.